The molecule has 1 aromatic rings. The number of aryl methyl sites for hydroxylation is 1. The molecule has 1 N–H and O–H groups in total. The van der Waals surface area contributed by atoms with E-state index in [1.807, 2.05) is 13.0 Å². The van der Waals surface area contributed by atoms with Crippen molar-refractivity contribution in [3.05, 3.63) is 42.0 Å². The summed E-state index contributed by atoms with van der Waals surface area (Å²) in [7, 11) is -3.38. The van der Waals surface area contributed by atoms with Crippen LogP contribution in [0.1, 0.15) is 31.7 Å². The number of hydrogen-bond donors (Lipinski definition) is 1. The standard InChI is InChI=1S/C17H23NO3S/c1-13-8-10-16(11-9-13)22(20,21)12-14(2)18-17(19)15-6-4-3-5-7-15/h3-4,8-11,14-15H,5-7,12H2,1-2H3,(H,18,19)/t14-,15+/m0/s1. The predicted molar refractivity (Wildman–Crippen MR) is 87.3 cm³/mol. The highest BCUT2D eigenvalue weighted by Gasteiger charge is 2.23. The van der Waals surface area contributed by atoms with Crippen LogP contribution in [0.25, 0.3) is 0 Å². The van der Waals surface area contributed by atoms with Gasteiger partial charge in [0.25, 0.3) is 0 Å². The first kappa shape index (κ1) is 16.7. The summed E-state index contributed by atoms with van der Waals surface area (Å²) >= 11 is 0. The molecule has 2 atom stereocenters. The van der Waals surface area contributed by atoms with Crippen molar-refractivity contribution in [1.82, 2.24) is 5.32 Å². The maximum Gasteiger partial charge on any atom is 0.223 e. The SMILES string of the molecule is Cc1ccc(S(=O)(=O)C[C@H](C)NC(=O)[C@@H]2CC=CCC2)cc1. The van der Waals surface area contributed by atoms with Gasteiger partial charge in [-0.05, 0) is 45.2 Å². The lowest BCUT2D eigenvalue weighted by Crippen LogP contribution is -2.41. The minimum atomic E-state index is -3.38. The largest absolute Gasteiger partial charge is 0.352 e. The molecule has 5 heteroatoms. The van der Waals surface area contributed by atoms with Gasteiger partial charge >= 0.3 is 0 Å². The van der Waals surface area contributed by atoms with E-state index in [0.29, 0.717) is 4.90 Å². The van der Waals surface area contributed by atoms with Gasteiger partial charge in [0.05, 0.1) is 10.6 Å². The lowest BCUT2D eigenvalue weighted by atomic mass is 9.93. The summed E-state index contributed by atoms with van der Waals surface area (Å²) in [5.41, 5.74) is 1.02. The summed E-state index contributed by atoms with van der Waals surface area (Å²) in [6.45, 7) is 3.65. The van der Waals surface area contributed by atoms with Gasteiger partial charge in [-0.1, -0.05) is 29.8 Å². The summed E-state index contributed by atoms with van der Waals surface area (Å²) in [6, 6.07) is 6.40. The summed E-state index contributed by atoms with van der Waals surface area (Å²) in [5.74, 6) is -0.157. The van der Waals surface area contributed by atoms with E-state index in [-0.39, 0.29) is 17.6 Å². The van der Waals surface area contributed by atoms with Gasteiger partial charge in [0.2, 0.25) is 5.91 Å². The second-order valence-corrected chi connectivity index (χ2v) is 8.02. The van der Waals surface area contributed by atoms with E-state index >= 15 is 0 Å². The lowest BCUT2D eigenvalue weighted by molar-refractivity contribution is -0.125. The number of sulfone groups is 1. The smallest absolute Gasteiger partial charge is 0.223 e. The molecule has 4 nitrogen and oxygen atoms in total. The van der Waals surface area contributed by atoms with Crippen LogP contribution in [-0.4, -0.2) is 26.1 Å². The molecule has 120 valence electrons. The van der Waals surface area contributed by atoms with Crippen LogP contribution in [0, 0.1) is 12.8 Å². The molecule has 1 aliphatic rings. The first-order valence-electron chi connectivity index (χ1n) is 7.63. The summed E-state index contributed by atoms with van der Waals surface area (Å²) < 4.78 is 24.7. The van der Waals surface area contributed by atoms with Crippen LogP contribution in [0.15, 0.2) is 41.3 Å². The Bertz CT molecular complexity index is 647. The Labute approximate surface area is 132 Å². The minimum Gasteiger partial charge on any atom is -0.352 e. The summed E-state index contributed by atoms with van der Waals surface area (Å²) in [4.78, 5) is 12.4. The fraction of sp³-hybridized carbons (Fsp3) is 0.471. The Balaban J connectivity index is 1.95. The second-order valence-electron chi connectivity index (χ2n) is 5.99. The zero-order valence-electron chi connectivity index (χ0n) is 13.1. The van der Waals surface area contributed by atoms with Gasteiger partial charge < -0.3 is 5.32 Å². The van der Waals surface area contributed by atoms with Crippen molar-refractivity contribution < 1.29 is 13.2 Å². The van der Waals surface area contributed by atoms with Crippen molar-refractivity contribution in [3.63, 3.8) is 0 Å². The Morgan fingerprint density at radius 2 is 1.95 bits per heavy atom. The number of amides is 1. The molecule has 0 saturated heterocycles. The zero-order valence-corrected chi connectivity index (χ0v) is 13.9. The Kier molecular flexibility index (Phi) is 5.40. The molecular formula is C17H23NO3S. The van der Waals surface area contributed by atoms with E-state index in [1.165, 1.54) is 0 Å². The van der Waals surface area contributed by atoms with Crippen molar-refractivity contribution in [2.45, 2.75) is 44.0 Å². The van der Waals surface area contributed by atoms with Crippen LogP contribution in [0.2, 0.25) is 0 Å². The Morgan fingerprint density at radius 1 is 1.27 bits per heavy atom. The molecule has 22 heavy (non-hydrogen) atoms. The van der Waals surface area contributed by atoms with Crippen LogP contribution in [0.4, 0.5) is 0 Å². The molecule has 1 aliphatic carbocycles. The van der Waals surface area contributed by atoms with E-state index in [1.54, 1.807) is 31.2 Å². The molecule has 0 aliphatic heterocycles. The van der Waals surface area contributed by atoms with E-state index in [2.05, 4.69) is 11.4 Å². The maximum absolute atomic E-state index is 12.3. The van der Waals surface area contributed by atoms with Gasteiger partial charge in [-0.2, -0.15) is 0 Å². The van der Waals surface area contributed by atoms with Gasteiger partial charge in [0, 0.05) is 12.0 Å². The molecule has 1 amide bonds. The average Bonchev–Trinajstić information content (AvgIpc) is 2.48. The third kappa shape index (κ3) is 4.44. The number of carbonyl (C=O) groups excluding carboxylic acids is 1. The van der Waals surface area contributed by atoms with Gasteiger partial charge in [0.1, 0.15) is 0 Å². The molecule has 0 fully saturated rings. The highest BCUT2D eigenvalue weighted by Crippen LogP contribution is 2.19. The van der Waals surface area contributed by atoms with E-state index in [4.69, 9.17) is 0 Å². The molecule has 0 saturated carbocycles. The van der Waals surface area contributed by atoms with Crippen molar-refractivity contribution >= 4 is 15.7 Å². The first-order valence-corrected chi connectivity index (χ1v) is 9.28. The molecule has 2 rings (SSSR count). The van der Waals surface area contributed by atoms with Crippen molar-refractivity contribution in [3.8, 4) is 0 Å². The Morgan fingerprint density at radius 3 is 2.55 bits per heavy atom. The number of carbonyl (C=O) groups is 1. The second kappa shape index (κ2) is 7.09. The summed E-state index contributed by atoms with van der Waals surface area (Å²) in [6.07, 6.45) is 6.58. The molecule has 0 unspecified atom stereocenters. The van der Waals surface area contributed by atoms with Crippen molar-refractivity contribution in [1.29, 1.82) is 0 Å². The quantitative estimate of drug-likeness (QED) is 0.848. The number of nitrogens with one attached hydrogen (secondary N) is 1. The van der Waals surface area contributed by atoms with E-state index in [0.717, 1.165) is 24.8 Å². The third-order valence-electron chi connectivity index (χ3n) is 3.88. The highest BCUT2D eigenvalue weighted by molar-refractivity contribution is 7.91. The maximum atomic E-state index is 12.3. The fourth-order valence-corrected chi connectivity index (χ4v) is 4.09. The van der Waals surface area contributed by atoms with Crippen LogP contribution in [0.3, 0.4) is 0 Å². The minimum absolute atomic E-state index is 0.0328. The van der Waals surface area contributed by atoms with Crippen LogP contribution in [0.5, 0.6) is 0 Å². The first-order chi connectivity index (χ1) is 10.4. The third-order valence-corrected chi connectivity index (χ3v) is 5.81. The topological polar surface area (TPSA) is 63.2 Å². The van der Waals surface area contributed by atoms with Crippen molar-refractivity contribution in [2.75, 3.05) is 5.75 Å². The van der Waals surface area contributed by atoms with Gasteiger partial charge in [-0.15, -0.1) is 0 Å². The van der Waals surface area contributed by atoms with Gasteiger partial charge in [-0.25, -0.2) is 8.42 Å². The molecule has 0 aromatic heterocycles. The molecule has 0 spiro atoms. The monoisotopic (exact) mass is 321 g/mol. The fourth-order valence-electron chi connectivity index (χ4n) is 2.61. The Hall–Kier alpha value is -1.62. The predicted octanol–water partition coefficient (Wildman–Crippen LogP) is 2.63. The van der Waals surface area contributed by atoms with Crippen molar-refractivity contribution in [2.24, 2.45) is 5.92 Å². The molecular weight excluding hydrogens is 298 g/mol. The van der Waals surface area contributed by atoms with Crippen LogP contribution < -0.4 is 5.32 Å². The van der Waals surface area contributed by atoms with Gasteiger partial charge in [-0.3, -0.25) is 4.79 Å². The highest BCUT2D eigenvalue weighted by atomic mass is 32.2. The number of benzene rings is 1. The summed E-state index contributed by atoms with van der Waals surface area (Å²) in [5, 5.41) is 2.83. The van der Waals surface area contributed by atoms with Crippen LogP contribution in [-0.2, 0) is 14.6 Å². The van der Waals surface area contributed by atoms with E-state index < -0.39 is 15.9 Å². The molecule has 0 bridgehead atoms. The van der Waals surface area contributed by atoms with Gasteiger partial charge in [0.15, 0.2) is 9.84 Å². The normalized spacial score (nSPS) is 19.6. The molecule has 0 heterocycles. The number of hydrogen-bond acceptors (Lipinski definition) is 3. The molecule has 0 radical (unpaired) electrons. The zero-order chi connectivity index (χ0) is 16.2. The number of allylic oxidation sites excluding steroid dienone is 2. The average molecular weight is 321 g/mol. The molecule has 1 aromatic carbocycles. The number of rotatable bonds is 5. The van der Waals surface area contributed by atoms with E-state index in [9.17, 15) is 13.2 Å². The van der Waals surface area contributed by atoms with Crippen LogP contribution >= 0.6 is 0 Å². The lowest BCUT2D eigenvalue weighted by Gasteiger charge is -2.20.